The lowest BCUT2D eigenvalue weighted by Crippen LogP contribution is -2.25. The number of aryl methyl sites for hydroxylation is 10. The summed E-state index contributed by atoms with van der Waals surface area (Å²) < 4.78 is 42.8. The Labute approximate surface area is 735 Å². The second kappa shape index (κ2) is 35.7. The standard InChI is InChI=1S/C26H20FN5O.C25H19N5O.C25H25N5O.C24H18N6OS/c1-14-8-16(9-18-21(11-28)30-13-22(33)23(14)18)19-12-31-32(3)26(19)24-20(27)10-15-6-4-5-7-17(15)25(24)29-2;1-4-22-20-13-16(10-11-18(20)25(31)29-28-22)21-14-27-30(3)24(21)19-12-9-15-7-5-6-8-17(15)23(19)26-2;1-6-15-11-16(7-2)23(26-4)20(12-15)24-21(14-27-30(24)5)17-9-10-18-19(13-17)22(8-3)28-29-25(18)31;1-4-21-19-9-15(6-7-17(19)24(31)29-28-21)20-12-26-30(3)23(20)18-8-5-14(10-22(18)25-2)16-11-27-32-13-16/h4-10,12H,11,13,28H2,1,3H3;5-14H,4H2,1,3H3,(H,29,31);9-14H,6-8H2,1-3,5H3,(H,29,31);5-13H,4H2,1,3H3,(H,29,31)/i;4D2;;. The van der Waals surface area contributed by atoms with Crippen LogP contribution in [0.5, 0.6) is 0 Å². The number of nitrogens with one attached hydrogen (secondary N) is 3. The number of benzene rings is 10. The summed E-state index contributed by atoms with van der Waals surface area (Å²) in [6.45, 7) is 43.1. The Morgan fingerprint density at radius 1 is 0.441 bits per heavy atom. The number of halogens is 1. The number of hydrogen-bond donors (Lipinski definition) is 4. The lowest BCUT2D eigenvalue weighted by molar-refractivity contribution is 0.0999. The smallest absolute Gasteiger partial charge is 0.272 e. The number of nitrogens with two attached hydrogens (primary N) is 1. The predicted octanol–water partition coefficient (Wildman–Crippen LogP) is 20.6. The van der Waals surface area contributed by atoms with Crippen molar-refractivity contribution in [3.05, 3.63) is 328 Å². The molecule has 0 bridgehead atoms. The Balaban J connectivity index is 0.000000126. The van der Waals surface area contributed by atoms with E-state index in [0.29, 0.717) is 83.9 Å². The molecule has 624 valence electrons. The molecule has 0 aliphatic carbocycles. The zero-order valence-corrected chi connectivity index (χ0v) is 71.7. The summed E-state index contributed by atoms with van der Waals surface area (Å²) in [5.41, 5.74) is 28.3. The number of rotatable bonds is 15. The van der Waals surface area contributed by atoms with Crippen LogP contribution in [0.4, 0.5) is 27.1 Å². The molecule has 5 N–H and O–H groups in total. The highest BCUT2D eigenvalue weighted by atomic mass is 32.1. The van der Waals surface area contributed by atoms with E-state index in [0.717, 1.165) is 147 Å². The third-order valence-electron chi connectivity index (χ3n) is 23.1. The van der Waals surface area contributed by atoms with Crippen LogP contribution in [-0.2, 0) is 60.2 Å². The maximum absolute atomic E-state index is 15.5. The molecular formula is C100H82FN21O4S. The van der Waals surface area contributed by atoms with Gasteiger partial charge in [0.2, 0.25) is 11.4 Å². The van der Waals surface area contributed by atoms with E-state index in [1.54, 1.807) is 64.1 Å². The largest absolute Gasteiger partial charge is 0.325 e. The summed E-state index contributed by atoms with van der Waals surface area (Å²) >= 11 is 1.39. The van der Waals surface area contributed by atoms with Crippen LogP contribution >= 0.6 is 11.5 Å². The molecule has 25 nitrogen and oxygen atoms in total. The number of aromatic nitrogens is 15. The van der Waals surface area contributed by atoms with Crippen molar-refractivity contribution in [2.75, 3.05) is 13.1 Å². The molecule has 0 unspecified atom stereocenters. The third-order valence-corrected chi connectivity index (χ3v) is 23.7. The Morgan fingerprint density at radius 3 is 1.45 bits per heavy atom. The lowest BCUT2D eigenvalue weighted by Gasteiger charge is -2.19. The van der Waals surface area contributed by atoms with Gasteiger partial charge in [0, 0.05) is 126 Å². The van der Waals surface area contributed by atoms with Crippen molar-refractivity contribution in [1.82, 2.24) is 74.1 Å². The van der Waals surface area contributed by atoms with E-state index in [-0.39, 0.29) is 52.5 Å². The second-order valence-corrected chi connectivity index (χ2v) is 31.0. The summed E-state index contributed by atoms with van der Waals surface area (Å²) in [4.78, 5) is 68.9. The number of fused-ring (bicyclic) bond motifs is 6. The maximum atomic E-state index is 15.5. The van der Waals surface area contributed by atoms with E-state index < -0.39 is 12.2 Å². The number of aliphatic imine (C=N–C) groups is 1. The van der Waals surface area contributed by atoms with E-state index in [1.165, 1.54) is 30.1 Å². The molecule has 1 aliphatic rings. The van der Waals surface area contributed by atoms with Crippen LogP contribution in [0.25, 0.3) is 174 Å². The first kappa shape index (κ1) is 81.8. The minimum Gasteiger partial charge on any atom is -0.325 e. The number of hydrogen-bond acceptors (Lipinski definition) is 15. The van der Waals surface area contributed by atoms with Gasteiger partial charge in [-0.25, -0.2) is 43.4 Å². The Bertz CT molecular complexity index is 8010. The molecule has 19 rings (SSSR count). The molecule has 0 fully saturated rings. The number of carbonyl (C=O) groups excluding carboxylic acids is 1. The van der Waals surface area contributed by atoms with Crippen LogP contribution in [0.1, 0.15) is 87.1 Å². The fourth-order valence-electron chi connectivity index (χ4n) is 16.8. The van der Waals surface area contributed by atoms with Crippen molar-refractivity contribution in [2.45, 2.75) is 73.6 Å². The monoisotopic (exact) mass is 1690 g/mol. The van der Waals surface area contributed by atoms with Crippen molar-refractivity contribution in [2.24, 2.45) is 38.9 Å². The van der Waals surface area contributed by atoms with Gasteiger partial charge in [0.1, 0.15) is 12.4 Å². The number of carbonyl (C=O) groups is 1. The Kier molecular flexibility index (Phi) is 23.0. The van der Waals surface area contributed by atoms with Gasteiger partial charge in [-0.2, -0.15) is 35.7 Å². The van der Waals surface area contributed by atoms with Gasteiger partial charge in [0.15, 0.2) is 17.2 Å². The van der Waals surface area contributed by atoms with Gasteiger partial charge >= 0.3 is 0 Å². The van der Waals surface area contributed by atoms with Gasteiger partial charge in [0.25, 0.3) is 16.7 Å². The van der Waals surface area contributed by atoms with Crippen LogP contribution in [0.3, 0.4) is 0 Å². The molecule has 1 aliphatic heterocycles. The molecule has 0 saturated carbocycles. The molecule has 0 saturated heterocycles. The topological polar surface area (TPSA) is 294 Å². The summed E-state index contributed by atoms with van der Waals surface area (Å²) in [7, 11) is 7.32. The fraction of sp³-hybridized carbons (Fsp3) is 0.170. The zero-order valence-electron chi connectivity index (χ0n) is 72.9. The van der Waals surface area contributed by atoms with Crippen LogP contribution < -0.4 is 22.4 Å². The molecular weight excluding hydrogens is 1610 g/mol. The molecule has 10 aromatic carbocycles. The lowest BCUT2D eigenvalue weighted by atomic mass is 9.88. The Hall–Kier alpha value is -16.2. The molecule has 0 radical (unpaired) electrons. The first-order valence-corrected chi connectivity index (χ1v) is 41.7. The number of ketones is 1. The number of H-pyrrole nitrogens is 3. The molecule has 8 aromatic heterocycles. The van der Waals surface area contributed by atoms with Gasteiger partial charge in [-0.3, -0.25) is 42.9 Å². The number of aromatic amines is 3. The first-order valence-electron chi connectivity index (χ1n) is 41.9. The fourth-order valence-corrected chi connectivity index (χ4v) is 17.4. The minimum absolute atomic E-state index is 0.0477. The molecule has 0 spiro atoms. The van der Waals surface area contributed by atoms with E-state index in [1.807, 2.05) is 186 Å². The van der Waals surface area contributed by atoms with Gasteiger partial charge in [0.05, 0.1) is 113 Å². The molecule has 0 amide bonds. The average Bonchev–Trinajstić information content (AvgIpc) is 1.58. The third kappa shape index (κ3) is 15.6. The summed E-state index contributed by atoms with van der Waals surface area (Å²) in [5, 5.41) is 46.7. The predicted molar refractivity (Wildman–Crippen MR) is 502 cm³/mol. The molecule has 18 aromatic rings. The summed E-state index contributed by atoms with van der Waals surface area (Å²) in [5.74, 6) is -0.535. The first-order chi connectivity index (χ1) is 62.3. The van der Waals surface area contributed by atoms with Crippen molar-refractivity contribution in [3.63, 3.8) is 0 Å². The highest BCUT2D eigenvalue weighted by molar-refractivity contribution is 7.03. The Morgan fingerprint density at radius 2 is 0.937 bits per heavy atom. The van der Waals surface area contributed by atoms with Gasteiger partial charge < -0.3 is 5.73 Å². The highest BCUT2D eigenvalue weighted by Gasteiger charge is 2.29. The SMILES string of the molecule is [2H]C([2H])(C)c1n[nH]c(=O)c2ccc(-c3cnn(C)c3-c3ccc4ccccc4c3[N+]#[C-])cc12.[C-]#[N+]c1c(-c2c(-c3cc(C)c4c(c3)C(CN)=NCC4=O)cnn2C)c(F)cc2ccccc12.[C-]#[N+]c1c(CC)cc(CC)cc1-c1c(-c2ccc3c(=O)[nH]nc(CC)c3c2)cnn1C.[C-]#[N+]c1cc(-c2cnsc2)ccc1-c1c(-c2ccc3c(=O)[nH]nc(CC)c3c2)cnn1C. The van der Waals surface area contributed by atoms with Gasteiger partial charge in [-0.1, -0.05) is 144 Å². The van der Waals surface area contributed by atoms with Crippen LogP contribution in [0.15, 0.2) is 220 Å². The summed E-state index contributed by atoms with van der Waals surface area (Å²) in [6.07, 6.45) is 10.2. The average molecular weight is 1690 g/mol. The minimum atomic E-state index is -1.74. The van der Waals surface area contributed by atoms with Crippen molar-refractivity contribution >= 4 is 99.6 Å². The molecule has 9 heterocycles. The van der Waals surface area contributed by atoms with Crippen molar-refractivity contribution in [1.29, 1.82) is 0 Å². The second-order valence-electron chi connectivity index (χ2n) is 30.3. The summed E-state index contributed by atoms with van der Waals surface area (Å²) in [6, 6.07) is 51.0. The normalized spacial score (nSPS) is 11.9. The van der Waals surface area contributed by atoms with Crippen molar-refractivity contribution < 1.29 is 11.9 Å². The van der Waals surface area contributed by atoms with Crippen molar-refractivity contribution in [3.8, 4) is 101 Å². The van der Waals surface area contributed by atoms with E-state index >= 15 is 4.39 Å². The van der Waals surface area contributed by atoms with Gasteiger partial charge in [-0.15, -0.1) is 0 Å². The molecule has 127 heavy (non-hydrogen) atoms. The van der Waals surface area contributed by atoms with Gasteiger partial charge in [-0.05, 0) is 171 Å². The maximum Gasteiger partial charge on any atom is 0.272 e. The van der Waals surface area contributed by atoms with Crippen LogP contribution in [-0.4, -0.2) is 98.7 Å². The van der Waals surface area contributed by atoms with E-state index in [9.17, 15) is 19.2 Å². The molecule has 27 heteroatoms. The number of Topliss-reactive ketones (excluding diaryl/α,β-unsaturated/α-hetero) is 1. The van der Waals surface area contributed by atoms with E-state index in [2.05, 4.69) is 106 Å². The zero-order chi connectivity index (χ0) is 91.0. The molecule has 0 atom stereocenters. The number of nitrogens with zero attached hydrogens (tertiary/aromatic N) is 17. The van der Waals surface area contributed by atoms with Crippen LogP contribution in [0, 0.1) is 39.0 Å². The van der Waals surface area contributed by atoms with E-state index in [4.69, 9.17) is 34.8 Å². The van der Waals surface area contributed by atoms with Crippen LogP contribution in [0.2, 0.25) is 0 Å². The highest BCUT2D eigenvalue weighted by Crippen LogP contribution is 2.48. The quantitative estimate of drug-likeness (QED) is 0.0695.